The van der Waals surface area contributed by atoms with Crippen LogP contribution in [0.2, 0.25) is 0 Å². The molecule has 1 aromatic rings. The molecule has 20 heavy (non-hydrogen) atoms. The predicted octanol–water partition coefficient (Wildman–Crippen LogP) is 1.23. The van der Waals surface area contributed by atoms with Crippen LogP contribution in [0.3, 0.4) is 0 Å². The Hall–Kier alpha value is -1.92. The highest BCUT2D eigenvalue weighted by molar-refractivity contribution is 5.91. The number of aliphatic carboxylic acids is 1. The van der Waals surface area contributed by atoms with Gasteiger partial charge in [-0.2, -0.15) is 0 Å². The summed E-state index contributed by atoms with van der Waals surface area (Å²) in [5.41, 5.74) is 0. The topological polar surface area (TPSA) is 99.2 Å². The zero-order valence-corrected chi connectivity index (χ0v) is 11.6. The van der Waals surface area contributed by atoms with E-state index in [1.54, 1.807) is 4.90 Å². The second-order valence-corrected chi connectivity index (χ2v) is 5.10. The molecule has 7 nitrogen and oxygen atoms in total. The van der Waals surface area contributed by atoms with Crippen LogP contribution in [-0.2, 0) is 11.2 Å². The van der Waals surface area contributed by atoms with Gasteiger partial charge in [0.2, 0.25) is 5.82 Å². The number of likely N-dealkylation sites (tertiary alicyclic amines) is 1. The van der Waals surface area contributed by atoms with E-state index in [9.17, 15) is 9.59 Å². The molecular formula is C13H20N4O3. The number of nitrogens with zero attached hydrogens (tertiary/aromatic N) is 3. The summed E-state index contributed by atoms with van der Waals surface area (Å²) in [7, 11) is 0. The number of aromatic nitrogens is 3. The molecule has 0 aliphatic carbocycles. The first-order valence-electron chi connectivity index (χ1n) is 7.06. The molecule has 1 saturated heterocycles. The van der Waals surface area contributed by atoms with Gasteiger partial charge in [-0.3, -0.25) is 14.7 Å². The number of hydrogen-bond acceptors (Lipinski definition) is 4. The Morgan fingerprint density at radius 1 is 1.45 bits per heavy atom. The number of carboxylic acids is 1. The number of aryl methyl sites for hydroxylation is 1. The van der Waals surface area contributed by atoms with E-state index < -0.39 is 5.97 Å². The van der Waals surface area contributed by atoms with Crippen LogP contribution < -0.4 is 0 Å². The molecule has 2 heterocycles. The van der Waals surface area contributed by atoms with Gasteiger partial charge < -0.3 is 10.0 Å². The standard InChI is InChI=1S/C13H20N4O3/c1-2-5-10-14-12(16-15-10)13(20)17-7-4-3-6-9(17)8-11(18)19/h9H,2-8H2,1H3,(H,18,19)(H,14,15,16). The highest BCUT2D eigenvalue weighted by Crippen LogP contribution is 2.21. The largest absolute Gasteiger partial charge is 0.481 e. The van der Waals surface area contributed by atoms with Gasteiger partial charge in [-0.05, 0) is 25.7 Å². The molecule has 1 fully saturated rings. The molecule has 2 rings (SSSR count). The van der Waals surface area contributed by atoms with E-state index in [0.717, 1.165) is 32.1 Å². The first-order valence-corrected chi connectivity index (χ1v) is 7.06. The SMILES string of the molecule is CCCc1nc(C(=O)N2CCCCC2CC(=O)O)n[nH]1. The van der Waals surface area contributed by atoms with Gasteiger partial charge in [0, 0.05) is 19.0 Å². The first kappa shape index (κ1) is 14.5. The predicted molar refractivity (Wildman–Crippen MR) is 71.3 cm³/mol. The number of aromatic amines is 1. The Bertz CT molecular complexity index is 486. The van der Waals surface area contributed by atoms with Crippen molar-refractivity contribution in [2.75, 3.05) is 6.54 Å². The maximum atomic E-state index is 12.4. The molecule has 110 valence electrons. The van der Waals surface area contributed by atoms with Gasteiger partial charge in [-0.25, -0.2) is 4.98 Å². The van der Waals surface area contributed by atoms with Crippen molar-refractivity contribution in [2.24, 2.45) is 0 Å². The van der Waals surface area contributed by atoms with Crippen LogP contribution in [-0.4, -0.2) is 49.7 Å². The lowest BCUT2D eigenvalue weighted by atomic mass is 9.99. The van der Waals surface area contributed by atoms with Crippen LogP contribution in [0, 0.1) is 0 Å². The summed E-state index contributed by atoms with van der Waals surface area (Å²) in [6.07, 6.45) is 4.24. The zero-order valence-electron chi connectivity index (χ0n) is 11.6. The molecule has 1 atom stereocenters. The van der Waals surface area contributed by atoms with Crippen LogP contribution in [0.1, 0.15) is 55.5 Å². The lowest BCUT2D eigenvalue weighted by Crippen LogP contribution is -2.45. The van der Waals surface area contributed by atoms with Gasteiger partial charge >= 0.3 is 5.97 Å². The Morgan fingerprint density at radius 2 is 2.25 bits per heavy atom. The van der Waals surface area contributed by atoms with Crippen molar-refractivity contribution in [1.29, 1.82) is 0 Å². The summed E-state index contributed by atoms with van der Waals surface area (Å²) in [4.78, 5) is 29.1. The van der Waals surface area contributed by atoms with Crippen molar-refractivity contribution in [3.8, 4) is 0 Å². The Morgan fingerprint density at radius 3 is 2.95 bits per heavy atom. The second kappa shape index (κ2) is 6.49. The average Bonchev–Trinajstić information content (AvgIpc) is 2.87. The molecule has 0 aromatic carbocycles. The van der Waals surface area contributed by atoms with Gasteiger partial charge in [0.05, 0.1) is 6.42 Å². The molecule has 1 unspecified atom stereocenters. The Kier molecular flexibility index (Phi) is 4.70. The zero-order chi connectivity index (χ0) is 14.5. The molecule has 2 N–H and O–H groups in total. The van der Waals surface area contributed by atoms with Gasteiger partial charge in [-0.15, -0.1) is 5.10 Å². The number of H-pyrrole nitrogens is 1. The smallest absolute Gasteiger partial charge is 0.305 e. The van der Waals surface area contributed by atoms with Gasteiger partial charge in [-0.1, -0.05) is 6.92 Å². The molecule has 1 amide bonds. The third-order valence-corrected chi connectivity index (χ3v) is 3.51. The quantitative estimate of drug-likeness (QED) is 0.845. The third kappa shape index (κ3) is 3.34. The minimum absolute atomic E-state index is 0.0159. The van der Waals surface area contributed by atoms with E-state index >= 15 is 0 Å². The summed E-state index contributed by atoms with van der Waals surface area (Å²) >= 11 is 0. The van der Waals surface area contributed by atoms with Crippen molar-refractivity contribution >= 4 is 11.9 Å². The number of hydrogen-bond donors (Lipinski definition) is 2. The maximum Gasteiger partial charge on any atom is 0.305 e. The van der Waals surface area contributed by atoms with Crippen molar-refractivity contribution < 1.29 is 14.7 Å². The summed E-state index contributed by atoms with van der Waals surface area (Å²) in [6.45, 7) is 2.60. The summed E-state index contributed by atoms with van der Waals surface area (Å²) < 4.78 is 0. The summed E-state index contributed by atoms with van der Waals surface area (Å²) in [5.74, 6) is -0.306. The highest BCUT2D eigenvalue weighted by atomic mass is 16.4. The van der Waals surface area contributed by atoms with E-state index in [1.165, 1.54) is 0 Å². The van der Waals surface area contributed by atoms with Crippen LogP contribution in [0.25, 0.3) is 0 Å². The van der Waals surface area contributed by atoms with Crippen LogP contribution in [0.4, 0.5) is 0 Å². The molecule has 0 radical (unpaired) electrons. The molecule has 7 heteroatoms. The monoisotopic (exact) mass is 280 g/mol. The van der Waals surface area contributed by atoms with Gasteiger partial charge in [0.1, 0.15) is 5.82 Å². The summed E-state index contributed by atoms with van der Waals surface area (Å²) in [6, 6.07) is -0.248. The molecule has 0 bridgehead atoms. The number of carboxylic acid groups (broad SMARTS) is 1. The number of carbonyl (C=O) groups excluding carboxylic acids is 1. The van der Waals surface area contributed by atoms with Gasteiger partial charge in [0.25, 0.3) is 5.91 Å². The molecular weight excluding hydrogens is 260 g/mol. The van der Waals surface area contributed by atoms with Crippen LogP contribution in [0.5, 0.6) is 0 Å². The van der Waals surface area contributed by atoms with E-state index in [2.05, 4.69) is 15.2 Å². The van der Waals surface area contributed by atoms with E-state index in [0.29, 0.717) is 12.4 Å². The molecule has 0 spiro atoms. The molecule has 1 aliphatic heterocycles. The van der Waals surface area contributed by atoms with E-state index in [4.69, 9.17) is 5.11 Å². The fourth-order valence-electron chi connectivity index (χ4n) is 2.55. The Labute approximate surface area is 117 Å². The summed E-state index contributed by atoms with van der Waals surface area (Å²) in [5, 5.41) is 15.6. The molecule has 1 aromatic heterocycles. The van der Waals surface area contributed by atoms with Crippen molar-refractivity contribution in [3.05, 3.63) is 11.6 Å². The molecule has 0 saturated carbocycles. The van der Waals surface area contributed by atoms with Crippen molar-refractivity contribution in [2.45, 2.75) is 51.5 Å². The molecule has 1 aliphatic rings. The number of piperidine rings is 1. The number of carbonyl (C=O) groups is 2. The lowest BCUT2D eigenvalue weighted by molar-refractivity contribution is -0.138. The van der Waals surface area contributed by atoms with Crippen LogP contribution in [0.15, 0.2) is 0 Å². The minimum atomic E-state index is -0.878. The van der Waals surface area contributed by atoms with Crippen molar-refractivity contribution in [3.63, 3.8) is 0 Å². The van der Waals surface area contributed by atoms with Gasteiger partial charge in [0.15, 0.2) is 0 Å². The number of rotatable bonds is 5. The normalized spacial score (nSPS) is 19.1. The fourth-order valence-corrected chi connectivity index (χ4v) is 2.55. The van der Waals surface area contributed by atoms with Crippen molar-refractivity contribution in [1.82, 2.24) is 20.1 Å². The Balaban J connectivity index is 2.09. The minimum Gasteiger partial charge on any atom is -0.481 e. The number of nitrogens with one attached hydrogen (secondary N) is 1. The highest BCUT2D eigenvalue weighted by Gasteiger charge is 2.30. The van der Waals surface area contributed by atoms with Crippen LogP contribution >= 0.6 is 0 Å². The lowest BCUT2D eigenvalue weighted by Gasteiger charge is -2.34. The van der Waals surface area contributed by atoms with E-state index in [1.807, 2.05) is 6.92 Å². The average molecular weight is 280 g/mol. The fraction of sp³-hybridized carbons (Fsp3) is 0.692. The number of amides is 1. The second-order valence-electron chi connectivity index (χ2n) is 5.10. The third-order valence-electron chi connectivity index (χ3n) is 3.51. The van der Waals surface area contributed by atoms with E-state index in [-0.39, 0.29) is 24.2 Å². The first-order chi connectivity index (χ1) is 9.61. The maximum absolute atomic E-state index is 12.4.